The summed E-state index contributed by atoms with van der Waals surface area (Å²) in [4.78, 5) is 15.1. The summed E-state index contributed by atoms with van der Waals surface area (Å²) >= 11 is 0. The second-order valence-electron chi connectivity index (χ2n) is 6.80. The van der Waals surface area contributed by atoms with Crippen molar-refractivity contribution in [2.45, 2.75) is 37.8 Å². The SMILES string of the molecule is O=C(NC1CCN(C2CCOCC2)CC1)c1ccc2[nH]ncc2c1. The number of fused-ring (bicyclic) bond motifs is 1. The van der Waals surface area contributed by atoms with Gasteiger partial charge < -0.3 is 15.0 Å². The molecular weight excluding hydrogens is 304 g/mol. The van der Waals surface area contributed by atoms with E-state index in [4.69, 9.17) is 4.74 Å². The smallest absolute Gasteiger partial charge is 0.251 e. The van der Waals surface area contributed by atoms with Crippen molar-refractivity contribution in [2.75, 3.05) is 26.3 Å². The number of benzene rings is 1. The van der Waals surface area contributed by atoms with E-state index in [0.717, 1.165) is 62.9 Å². The molecule has 6 heteroatoms. The minimum atomic E-state index is 0.0163. The zero-order valence-corrected chi connectivity index (χ0v) is 13.8. The van der Waals surface area contributed by atoms with E-state index in [1.165, 1.54) is 0 Å². The predicted molar refractivity (Wildman–Crippen MR) is 92.0 cm³/mol. The second-order valence-corrected chi connectivity index (χ2v) is 6.80. The molecule has 0 aliphatic carbocycles. The Morgan fingerprint density at radius 2 is 2.00 bits per heavy atom. The van der Waals surface area contributed by atoms with E-state index in [1.807, 2.05) is 18.2 Å². The quantitative estimate of drug-likeness (QED) is 0.903. The molecule has 1 aromatic carbocycles. The third kappa shape index (κ3) is 3.30. The molecule has 1 amide bonds. The molecule has 4 rings (SSSR count). The van der Waals surface area contributed by atoms with Crippen molar-refractivity contribution in [3.8, 4) is 0 Å². The number of hydrogen-bond acceptors (Lipinski definition) is 4. The molecule has 2 aliphatic heterocycles. The van der Waals surface area contributed by atoms with Crippen molar-refractivity contribution in [1.29, 1.82) is 0 Å². The molecule has 3 heterocycles. The Labute approximate surface area is 141 Å². The summed E-state index contributed by atoms with van der Waals surface area (Å²) in [6.07, 6.45) is 6.08. The maximum atomic E-state index is 12.5. The minimum Gasteiger partial charge on any atom is -0.381 e. The lowest BCUT2D eigenvalue weighted by Gasteiger charge is -2.39. The number of carbonyl (C=O) groups excluding carboxylic acids is 1. The fourth-order valence-corrected chi connectivity index (χ4v) is 3.81. The van der Waals surface area contributed by atoms with E-state index in [2.05, 4.69) is 20.4 Å². The normalized spacial score (nSPS) is 21.2. The summed E-state index contributed by atoms with van der Waals surface area (Å²) in [6.45, 7) is 3.91. The molecule has 1 aromatic heterocycles. The van der Waals surface area contributed by atoms with Crippen LogP contribution in [-0.2, 0) is 4.74 Å². The Morgan fingerprint density at radius 1 is 1.21 bits per heavy atom. The molecule has 2 N–H and O–H groups in total. The average Bonchev–Trinajstić information content (AvgIpc) is 3.11. The van der Waals surface area contributed by atoms with Crippen molar-refractivity contribution in [1.82, 2.24) is 20.4 Å². The Hall–Kier alpha value is -1.92. The third-order valence-electron chi connectivity index (χ3n) is 5.27. The van der Waals surface area contributed by atoms with Crippen LogP contribution in [0.25, 0.3) is 10.9 Å². The van der Waals surface area contributed by atoms with Crippen LogP contribution in [0.1, 0.15) is 36.0 Å². The van der Waals surface area contributed by atoms with Gasteiger partial charge in [0.25, 0.3) is 5.91 Å². The largest absolute Gasteiger partial charge is 0.381 e. The number of likely N-dealkylation sites (tertiary alicyclic amines) is 1. The van der Waals surface area contributed by atoms with Crippen LogP contribution in [0.2, 0.25) is 0 Å². The number of rotatable bonds is 3. The first-order valence-electron chi connectivity index (χ1n) is 8.85. The van der Waals surface area contributed by atoms with Gasteiger partial charge in [0, 0.05) is 49.3 Å². The number of piperidine rings is 1. The number of nitrogens with one attached hydrogen (secondary N) is 2. The van der Waals surface area contributed by atoms with Gasteiger partial charge >= 0.3 is 0 Å². The summed E-state index contributed by atoms with van der Waals surface area (Å²) in [5.41, 5.74) is 1.66. The first-order chi connectivity index (χ1) is 11.8. The Bertz CT molecular complexity index is 700. The maximum absolute atomic E-state index is 12.5. The number of hydrogen-bond donors (Lipinski definition) is 2. The number of aromatic nitrogens is 2. The van der Waals surface area contributed by atoms with Crippen LogP contribution in [0.5, 0.6) is 0 Å². The highest BCUT2D eigenvalue weighted by Crippen LogP contribution is 2.20. The number of carbonyl (C=O) groups is 1. The van der Waals surface area contributed by atoms with E-state index < -0.39 is 0 Å². The van der Waals surface area contributed by atoms with Crippen molar-refractivity contribution < 1.29 is 9.53 Å². The van der Waals surface area contributed by atoms with Crippen molar-refractivity contribution in [3.05, 3.63) is 30.0 Å². The fraction of sp³-hybridized carbons (Fsp3) is 0.556. The van der Waals surface area contributed by atoms with Gasteiger partial charge in [0.15, 0.2) is 0 Å². The molecule has 0 spiro atoms. The van der Waals surface area contributed by atoms with Gasteiger partial charge in [0.2, 0.25) is 0 Å². The van der Waals surface area contributed by atoms with Gasteiger partial charge in [0.05, 0.1) is 11.7 Å². The van der Waals surface area contributed by atoms with Crippen molar-refractivity contribution >= 4 is 16.8 Å². The van der Waals surface area contributed by atoms with E-state index in [0.29, 0.717) is 11.6 Å². The van der Waals surface area contributed by atoms with Gasteiger partial charge in [-0.1, -0.05) is 0 Å². The minimum absolute atomic E-state index is 0.0163. The second kappa shape index (κ2) is 6.91. The Kier molecular flexibility index (Phi) is 4.49. The van der Waals surface area contributed by atoms with Crippen molar-refractivity contribution in [3.63, 3.8) is 0 Å². The molecular formula is C18H24N4O2. The fourth-order valence-electron chi connectivity index (χ4n) is 3.81. The zero-order chi connectivity index (χ0) is 16.4. The molecule has 0 unspecified atom stereocenters. The van der Waals surface area contributed by atoms with E-state index in [1.54, 1.807) is 6.20 Å². The lowest BCUT2D eigenvalue weighted by Crippen LogP contribution is -2.49. The van der Waals surface area contributed by atoms with Crippen LogP contribution >= 0.6 is 0 Å². The first kappa shape index (κ1) is 15.6. The van der Waals surface area contributed by atoms with E-state index in [-0.39, 0.29) is 11.9 Å². The molecule has 0 atom stereocenters. The lowest BCUT2D eigenvalue weighted by molar-refractivity contribution is 0.0238. The van der Waals surface area contributed by atoms with E-state index >= 15 is 0 Å². The molecule has 6 nitrogen and oxygen atoms in total. The molecule has 2 aromatic rings. The van der Waals surface area contributed by atoms with Crippen LogP contribution in [0.3, 0.4) is 0 Å². The highest BCUT2D eigenvalue weighted by Gasteiger charge is 2.27. The summed E-state index contributed by atoms with van der Waals surface area (Å²) in [7, 11) is 0. The molecule has 0 saturated carbocycles. The standard InChI is InChI=1S/C18H24N4O2/c23-18(13-1-2-17-14(11-13)12-19-21-17)20-15-3-7-22(8-4-15)16-5-9-24-10-6-16/h1-2,11-12,15-16H,3-10H2,(H,19,21)(H,20,23). The summed E-state index contributed by atoms with van der Waals surface area (Å²) in [5, 5.41) is 11.1. The van der Waals surface area contributed by atoms with Crippen LogP contribution < -0.4 is 5.32 Å². The number of amides is 1. The molecule has 128 valence electrons. The maximum Gasteiger partial charge on any atom is 0.251 e. The Morgan fingerprint density at radius 3 is 2.79 bits per heavy atom. The lowest BCUT2D eigenvalue weighted by atomic mass is 9.99. The van der Waals surface area contributed by atoms with Gasteiger partial charge in [0.1, 0.15) is 0 Å². The molecule has 2 saturated heterocycles. The summed E-state index contributed by atoms with van der Waals surface area (Å²) in [6, 6.07) is 6.59. The van der Waals surface area contributed by atoms with Crippen LogP contribution in [0.15, 0.2) is 24.4 Å². The number of H-pyrrole nitrogens is 1. The highest BCUT2D eigenvalue weighted by molar-refractivity contribution is 5.98. The number of aromatic amines is 1. The number of nitrogens with zero attached hydrogens (tertiary/aromatic N) is 2. The molecule has 2 fully saturated rings. The predicted octanol–water partition coefficient (Wildman–Crippen LogP) is 1.94. The van der Waals surface area contributed by atoms with Crippen LogP contribution in [0.4, 0.5) is 0 Å². The van der Waals surface area contributed by atoms with Gasteiger partial charge in [-0.15, -0.1) is 0 Å². The summed E-state index contributed by atoms with van der Waals surface area (Å²) in [5.74, 6) is 0.0163. The van der Waals surface area contributed by atoms with Gasteiger partial charge in [-0.05, 0) is 43.9 Å². The zero-order valence-electron chi connectivity index (χ0n) is 13.8. The first-order valence-corrected chi connectivity index (χ1v) is 8.85. The Balaban J connectivity index is 1.32. The molecule has 0 bridgehead atoms. The van der Waals surface area contributed by atoms with Crippen LogP contribution in [0, 0.1) is 0 Å². The average molecular weight is 328 g/mol. The van der Waals surface area contributed by atoms with E-state index in [9.17, 15) is 4.79 Å². The van der Waals surface area contributed by atoms with Gasteiger partial charge in [-0.3, -0.25) is 9.89 Å². The van der Waals surface area contributed by atoms with Gasteiger partial charge in [-0.25, -0.2) is 0 Å². The number of ether oxygens (including phenoxy) is 1. The third-order valence-corrected chi connectivity index (χ3v) is 5.27. The topological polar surface area (TPSA) is 70.2 Å². The van der Waals surface area contributed by atoms with Gasteiger partial charge in [-0.2, -0.15) is 5.10 Å². The molecule has 2 aliphatic rings. The summed E-state index contributed by atoms with van der Waals surface area (Å²) < 4.78 is 5.45. The molecule has 24 heavy (non-hydrogen) atoms. The van der Waals surface area contributed by atoms with Crippen LogP contribution in [-0.4, -0.2) is 59.4 Å². The molecule has 0 radical (unpaired) electrons. The highest BCUT2D eigenvalue weighted by atomic mass is 16.5. The monoisotopic (exact) mass is 328 g/mol. The van der Waals surface area contributed by atoms with Crippen molar-refractivity contribution in [2.24, 2.45) is 0 Å².